The third-order valence-electron chi connectivity index (χ3n) is 6.04. The summed E-state index contributed by atoms with van der Waals surface area (Å²) in [6.45, 7) is 2.38. The van der Waals surface area contributed by atoms with E-state index < -0.39 is 60.3 Å². The molecule has 35 heavy (non-hydrogen) atoms. The summed E-state index contributed by atoms with van der Waals surface area (Å²) in [4.78, 5) is 46.7. The fraction of sp³-hybridized carbons (Fsp3) is 0.579. The fourth-order valence-corrected chi connectivity index (χ4v) is 4.58. The molecule has 2 saturated heterocycles. The fourth-order valence-electron chi connectivity index (χ4n) is 3.89. The van der Waals surface area contributed by atoms with Crippen molar-refractivity contribution in [3.63, 3.8) is 0 Å². The minimum atomic E-state index is -5.68. The van der Waals surface area contributed by atoms with Gasteiger partial charge in [0.15, 0.2) is 0 Å². The lowest BCUT2D eigenvalue weighted by molar-refractivity contribution is -0.324. The van der Waals surface area contributed by atoms with E-state index in [0.717, 1.165) is 0 Å². The summed E-state index contributed by atoms with van der Waals surface area (Å²) in [5, 5.41) is 5.08. The first kappa shape index (κ1) is 27.4. The molecular weight excluding hydrogens is 511 g/mol. The molecule has 1 aromatic rings. The van der Waals surface area contributed by atoms with Crippen LogP contribution in [0.15, 0.2) is 18.2 Å². The van der Waals surface area contributed by atoms with Crippen molar-refractivity contribution in [3.8, 4) is 0 Å². The molecule has 0 radical (unpaired) electrons. The van der Waals surface area contributed by atoms with Gasteiger partial charge in [0.2, 0.25) is 0 Å². The smallest absolute Gasteiger partial charge is 0.416 e. The maximum Gasteiger partial charge on any atom is 0.416 e. The third-order valence-corrected chi connectivity index (χ3v) is 6.89. The summed E-state index contributed by atoms with van der Waals surface area (Å²) in [6.07, 6.45) is -11.2. The molecule has 2 heterocycles. The van der Waals surface area contributed by atoms with Crippen LogP contribution < -0.4 is 20.4 Å². The molecule has 1 spiro atoms. The molecule has 0 bridgehead atoms. The van der Waals surface area contributed by atoms with Crippen molar-refractivity contribution in [2.45, 2.75) is 56.2 Å². The van der Waals surface area contributed by atoms with Gasteiger partial charge in [-0.15, -0.1) is 0 Å². The van der Waals surface area contributed by atoms with E-state index in [9.17, 15) is 50.3 Å². The van der Waals surface area contributed by atoms with Gasteiger partial charge in [-0.25, -0.2) is 9.46 Å². The third kappa shape index (κ3) is 5.64. The van der Waals surface area contributed by atoms with Gasteiger partial charge in [0.1, 0.15) is 5.54 Å². The topological polar surface area (TPSA) is 134 Å². The lowest BCUT2D eigenvalue weighted by atomic mass is 9.81. The van der Waals surface area contributed by atoms with Gasteiger partial charge in [-0.3, -0.25) is 4.79 Å². The van der Waals surface area contributed by atoms with Crippen LogP contribution in [0.1, 0.15) is 49.5 Å². The first-order valence-corrected chi connectivity index (χ1v) is 11.6. The van der Waals surface area contributed by atoms with E-state index in [1.54, 1.807) is 6.92 Å². The number of carbonyl (C=O) groups excluding carboxylic acids is 2. The van der Waals surface area contributed by atoms with Crippen LogP contribution in [0, 0.1) is 0 Å². The molecule has 1 aromatic carbocycles. The second-order valence-corrected chi connectivity index (χ2v) is 10.1. The Bertz CT molecular complexity index is 1030. The van der Waals surface area contributed by atoms with Crippen molar-refractivity contribution in [1.82, 2.24) is 15.3 Å². The zero-order valence-electron chi connectivity index (χ0n) is 18.2. The largest absolute Gasteiger partial charge is 0.794 e. The first-order valence-electron chi connectivity index (χ1n) is 10.1. The van der Waals surface area contributed by atoms with Crippen molar-refractivity contribution < 1.29 is 55.0 Å². The number of carbonyl (C=O) groups is 2. The van der Waals surface area contributed by atoms with E-state index in [1.807, 2.05) is 0 Å². The monoisotopic (exact) mass is 531 g/mol. The van der Waals surface area contributed by atoms with Gasteiger partial charge in [-0.05, 0) is 50.5 Å². The summed E-state index contributed by atoms with van der Waals surface area (Å²) < 4.78 is 95.1. The number of urea groups is 1. The molecule has 3 unspecified atom stereocenters. The highest BCUT2D eigenvalue weighted by atomic mass is 31.2. The van der Waals surface area contributed by atoms with Gasteiger partial charge < -0.3 is 29.7 Å². The van der Waals surface area contributed by atoms with Crippen molar-refractivity contribution in [1.29, 1.82) is 0 Å². The lowest BCUT2D eigenvalue weighted by Crippen LogP contribution is -2.64. The minimum Gasteiger partial charge on any atom is -0.794 e. The normalized spacial score (nSPS) is 26.9. The number of piperidine rings is 1. The van der Waals surface area contributed by atoms with Gasteiger partial charge >= 0.3 is 18.4 Å². The number of nitrogens with one attached hydrogen (secondary N) is 2. The van der Waals surface area contributed by atoms with Gasteiger partial charge in [-0.1, -0.05) is 0 Å². The standard InChI is InChI=1S/C19H22F6N3O6P/c1-10(11-5-12(18(20,21)22)7-13(6-11)19(23,24)25)34-9-16(2)3-4-17(8-26-16)14(29)28(15(30)27-17)35(31,32)33/h5-7,10,26H,3-4,8-9H2,1-2H3,(H,27,30)(H2,31,32,33)/p-2. The number of rotatable bonds is 5. The Morgan fingerprint density at radius 2 is 1.63 bits per heavy atom. The quantitative estimate of drug-likeness (QED) is 0.338. The Morgan fingerprint density at radius 1 is 1.09 bits per heavy atom. The summed E-state index contributed by atoms with van der Waals surface area (Å²) in [5.41, 5.74) is -5.93. The molecular formula is C19H20F6N3O6P-2. The predicted octanol–water partition coefficient (Wildman–Crippen LogP) is 2.06. The maximum absolute atomic E-state index is 13.1. The average molecular weight is 531 g/mol. The maximum atomic E-state index is 13.1. The van der Waals surface area contributed by atoms with Gasteiger partial charge in [-0.2, -0.15) is 26.3 Å². The second-order valence-electron chi connectivity index (χ2n) is 8.80. The van der Waals surface area contributed by atoms with Crippen molar-refractivity contribution in [2.24, 2.45) is 0 Å². The molecule has 16 heteroatoms. The number of amides is 3. The predicted molar refractivity (Wildman–Crippen MR) is 102 cm³/mol. The molecule has 2 aliphatic heterocycles. The van der Waals surface area contributed by atoms with Crippen LogP contribution in [0.25, 0.3) is 0 Å². The van der Waals surface area contributed by atoms with E-state index in [-0.39, 0.29) is 42.3 Å². The minimum absolute atomic E-state index is 0.0124. The molecule has 3 amide bonds. The second kappa shape index (κ2) is 8.73. The summed E-state index contributed by atoms with van der Waals surface area (Å²) in [5.74, 6) is -1.23. The zero-order valence-corrected chi connectivity index (χ0v) is 19.1. The van der Waals surface area contributed by atoms with Crippen LogP contribution in [0.4, 0.5) is 31.1 Å². The number of hydrogen-bond acceptors (Lipinski definition) is 7. The number of imide groups is 1. The molecule has 3 atom stereocenters. The van der Waals surface area contributed by atoms with Crippen LogP contribution in [0.2, 0.25) is 0 Å². The number of benzene rings is 1. The molecule has 0 aliphatic carbocycles. The highest BCUT2D eigenvalue weighted by molar-refractivity contribution is 7.48. The Balaban J connectivity index is 1.71. The highest BCUT2D eigenvalue weighted by Gasteiger charge is 2.55. The van der Waals surface area contributed by atoms with Crippen molar-refractivity contribution >= 4 is 19.7 Å². The van der Waals surface area contributed by atoms with Gasteiger partial charge in [0.05, 0.1) is 23.8 Å². The number of halogens is 6. The zero-order chi connectivity index (χ0) is 26.6. The molecule has 3 rings (SSSR count). The molecule has 9 nitrogen and oxygen atoms in total. The van der Waals surface area contributed by atoms with E-state index in [2.05, 4.69) is 10.6 Å². The molecule has 0 aromatic heterocycles. The van der Waals surface area contributed by atoms with E-state index in [0.29, 0.717) is 12.1 Å². The van der Waals surface area contributed by atoms with E-state index >= 15 is 0 Å². The Morgan fingerprint density at radius 3 is 2.03 bits per heavy atom. The number of ether oxygens (including phenoxy) is 1. The van der Waals surface area contributed by atoms with Gasteiger partial charge in [0, 0.05) is 19.8 Å². The molecule has 0 saturated carbocycles. The van der Waals surface area contributed by atoms with Crippen molar-refractivity contribution in [3.05, 3.63) is 34.9 Å². The van der Waals surface area contributed by atoms with Crippen LogP contribution in [-0.2, 0) is 26.4 Å². The summed E-state index contributed by atoms with van der Waals surface area (Å²) in [7, 11) is -5.68. The first-order chi connectivity index (χ1) is 15.8. The Hall–Kier alpha value is -2.19. The van der Waals surface area contributed by atoms with Crippen LogP contribution in [-0.4, -0.2) is 40.8 Å². The SMILES string of the molecule is CC(OCC1(C)CCC2(CN1)NC(=O)N(P(=O)([O-])[O-])C2=O)c1cc(C(F)(F)F)cc(C(F)(F)F)c1. The molecule has 2 aliphatic rings. The number of hydrogen-bond donors (Lipinski definition) is 2. The van der Waals surface area contributed by atoms with Crippen LogP contribution in [0.5, 0.6) is 0 Å². The van der Waals surface area contributed by atoms with Crippen LogP contribution >= 0.6 is 7.75 Å². The number of nitrogens with zero attached hydrogens (tertiary/aromatic N) is 1. The van der Waals surface area contributed by atoms with E-state index in [4.69, 9.17) is 4.74 Å². The van der Waals surface area contributed by atoms with Gasteiger partial charge in [0.25, 0.3) is 5.91 Å². The Labute approximate surface area is 195 Å². The molecule has 2 N–H and O–H groups in total. The number of alkyl halides is 6. The lowest BCUT2D eigenvalue weighted by Gasteiger charge is -2.43. The highest BCUT2D eigenvalue weighted by Crippen LogP contribution is 2.41. The molecule has 196 valence electrons. The van der Waals surface area contributed by atoms with Crippen LogP contribution in [0.3, 0.4) is 0 Å². The average Bonchev–Trinajstić information content (AvgIpc) is 2.97. The molecule has 2 fully saturated rings. The summed E-state index contributed by atoms with van der Waals surface area (Å²) >= 11 is 0. The Kier molecular flexibility index (Phi) is 6.83. The summed E-state index contributed by atoms with van der Waals surface area (Å²) in [6, 6.07) is -0.226. The van der Waals surface area contributed by atoms with Crippen molar-refractivity contribution in [2.75, 3.05) is 13.2 Å². The van der Waals surface area contributed by atoms with E-state index in [1.165, 1.54) is 6.92 Å².